The van der Waals surface area contributed by atoms with Gasteiger partial charge in [0.1, 0.15) is 0 Å². The predicted octanol–water partition coefficient (Wildman–Crippen LogP) is 14.7. The van der Waals surface area contributed by atoms with Crippen LogP contribution >= 0.6 is 15.9 Å². The second-order valence-corrected chi connectivity index (χ2v) is 14.7. The Morgan fingerprint density at radius 1 is 0.451 bits per heavy atom. The van der Waals surface area contributed by atoms with Crippen LogP contribution in [0, 0.1) is 0 Å². The van der Waals surface area contributed by atoms with Gasteiger partial charge in [-0.15, -0.1) is 0 Å². The number of benzene rings is 6. The normalized spacial score (nSPS) is 11.4. The van der Waals surface area contributed by atoms with Crippen LogP contribution in [0.1, 0.15) is 87.5 Å². The molecule has 260 valence electrons. The zero-order chi connectivity index (χ0) is 35.3. The Balaban J connectivity index is 0.000000145. The highest BCUT2D eigenvalue weighted by Crippen LogP contribution is 2.36. The van der Waals surface area contributed by atoms with Crippen LogP contribution in [0.4, 0.5) is 0 Å². The first-order chi connectivity index (χ1) is 25.2. The van der Waals surface area contributed by atoms with Gasteiger partial charge in [-0.3, -0.25) is 0 Å². The summed E-state index contributed by atoms with van der Waals surface area (Å²) in [5.74, 6) is 0. The molecule has 0 amide bonds. The summed E-state index contributed by atoms with van der Waals surface area (Å²) in [6, 6.07) is 52.5. The molecule has 51 heavy (non-hydrogen) atoms. The van der Waals surface area contributed by atoms with Gasteiger partial charge in [-0.05, 0) is 102 Å². The van der Waals surface area contributed by atoms with E-state index in [0.717, 1.165) is 6.42 Å². The number of nitrogens with zero attached hydrogens (tertiary/aromatic N) is 1. The third-order valence-corrected chi connectivity index (χ3v) is 10.6. The minimum Gasteiger partial charge on any atom is -0.309 e. The van der Waals surface area contributed by atoms with Crippen LogP contribution in [-0.4, -0.2) is 4.57 Å². The monoisotopic (exact) mass is 733 g/mol. The Hall–Kier alpha value is -4.40. The van der Waals surface area contributed by atoms with E-state index in [4.69, 9.17) is 0 Å². The third kappa shape index (κ3) is 9.48. The molecule has 0 unspecified atom stereocenters. The van der Waals surface area contributed by atoms with Gasteiger partial charge in [0.15, 0.2) is 0 Å². The van der Waals surface area contributed by atoms with E-state index in [9.17, 15) is 0 Å². The Morgan fingerprint density at radius 3 is 1.37 bits per heavy atom. The summed E-state index contributed by atoms with van der Waals surface area (Å²) in [7, 11) is 0. The molecule has 2 heteroatoms. The molecule has 7 aromatic rings. The quantitative estimate of drug-likeness (QED) is 0.117. The third-order valence-electron chi connectivity index (χ3n) is 10.0. The summed E-state index contributed by atoms with van der Waals surface area (Å²) < 4.78 is 3.55. The number of hydrogen-bond acceptors (Lipinski definition) is 0. The van der Waals surface area contributed by atoms with Gasteiger partial charge in [-0.25, -0.2) is 0 Å². The molecule has 1 heterocycles. The molecule has 0 saturated heterocycles. The molecule has 1 aromatic heterocycles. The molecule has 0 N–H and O–H groups in total. The van der Waals surface area contributed by atoms with Crippen molar-refractivity contribution < 1.29 is 0 Å². The fourth-order valence-corrected chi connectivity index (χ4v) is 7.52. The average molecular weight is 735 g/mol. The van der Waals surface area contributed by atoms with Crippen LogP contribution in [0.5, 0.6) is 0 Å². The highest BCUT2D eigenvalue weighted by molar-refractivity contribution is 9.10. The van der Waals surface area contributed by atoms with Gasteiger partial charge < -0.3 is 4.57 Å². The standard InChI is InChI=1S/C24H25N.C13H10.C12H17Br/c1-2-3-4-5-10-19-15-17-20(18-16-19)25-23-13-8-6-11-21(23)22-12-7-9-14-24(22)25;1-3-7-12-10(5-1)9-11-6-2-4-8-13(11)12;1-2-3-4-5-6-11-7-9-12(13)10-8-11/h6-9,11-18H,2-5,10H2,1H3;1-8H,9H2;7-10H,2-6H2,1H3. The maximum atomic E-state index is 3.44. The lowest BCUT2D eigenvalue weighted by Gasteiger charge is -2.09. The zero-order valence-corrected chi connectivity index (χ0v) is 32.0. The van der Waals surface area contributed by atoms with Crippen LogP contribution in [0.25, 0.3) is 38.6 Å². The fraction of sp³-hybridized carbons (Fsp3) is 0.265. The molecule has 8 rings (SSSR count). The van der Waals surface area contributed by atoms with Crippen LogP contribution in [0.3, 0.4) is 0 Å². The number of para-hydroxylation sites is 2. The van der Waals surface area contributed by atoms with E-state index >= 15 is 0 Å². The molecular weight excluding hydrogens is 682 g/mol. The Bertz CT molecular complexity index is 2010. The zero-order valence-electron chi connectivity index (χ0n) is 30.5. The number of fused-ring (bicyclic) bond motifs is 6. The first kappa shape index (κ1) is 36.4. The molecule has 0 bridgehead atoms. The lowest BCUT2D eigenvalue weighted by Crippen LogP contribution is -1.94. The SMILES string of the molecule is CCCCCCc1ccc(-n2c3ccccc3c3ccccc32)cc1.CCCCCCc1ccc(Br)cc1.c1ccc2c(c1)Cc1ccccc1-2. The first-order valence-electron chi connectivity index (χ1n) is 19.1. The largest absolute Gasteiger partial charge is 0.309 e. The van der Waals surface area contributed by atoms with Crippen LogP contribution in [0.15, 0.2) is 150 Å². The number of aromatic nitrogens is 1. The lowest BCUT2D eigenvalue weighted by molar-refractivity contribution is 0.667. The molecular formula is C49H52BrN. The second-order valence-electron chi connectivity index (χ2n) is 13.8. The van der Waals surface area contributed by atoms with Gasteiger partial charge in [-0.1, -0.05) is 177 Å². The average Bonchev–Trinajstić information content (AvgIpc) is 3.73. The van der Waals surface area contributed by atoms with Crippen molar-refractivity contribution >= 4 is 37.7 Å². The number of rotatable bonds is 11. The molecule has 0 fully saturated rings. The molecule has 1 aliphatic rings. The van der Waals surface area contributed by atoms with E-state index in [1.807, 2.05) is 0 Å². The number of halogens is 1. The van der Waals surface area contributed by atoms with Crippen molar-refractivity contribution in [3.63, 3.8) is 0 Å². The number of aryl methyl sites for hydroxylation is 2. The molecule has 1 aliphatic carbocycles. The van der Waals surface area contributed by atoms with Crippen molar-refractivity contribution in [1.29, 1.82) is 0 Å². The van der Waals surface area contributed by atoms with E-state index in [-0.39, 0.29) is 0 Å². The van der Waals surface area contributed by atoms with Crippen molar-refractivity contribution in [2.24, 2.45) is 0 Å². The maximum Gasteiger partial charge on any atom is 0.0541 e. The summed E-state index contributed by atoms with van der Waals surface area (Å²) in [6.07, 6.45) is 14.2. The second kappa shape index (κ2) is 18.7. The topological polar surface area (TPSA) is 4.93 Å². The first-order valence-corrected chi connectivity index (χ1v) is 19.9. The molecule has 1 nitrogen and oxygen atoms in total. The minimum atomic E-state index is 1.10. The Labute approximate surface area is 314 Å². The number of unbranched alkanes of at least 4 members (excludes halogenated alkanes) is 6. The van der Waals surface area contributed by atoms with Crippen molar-refractivity contribution in [3.8, 4) is 16.8 Å². The highest BCUT2D eigenvalue weighted by atomic mass is 79.9. The predicted molar refractivity (Wildman–Crippen MR) is 225 cm³/mol. The number of hydrogen-bond donors (Lipinski definition) is 0. The molecule has 0 aliphatic heterocycles. The molecule has 0 radical (unpaired) electrons. The Kier molecular flexibility index (Phi) is 13.4. The fourth-order valence-electron chi connectivity index (χ4n) is 7.25. The van der Waals surface area contributed by atoms with Gasteiger partial charge in [0, 0.05) is 20.9 Å². The van der Waals surface area contributed by atoms with Gasteiger partial charge in [0.2, 0.25) is 0 Å². The summed E-state index contributed by atoms with van der Waals surface area (Å²) in [5.41, 5.74) is 12.5. The van der Waals surface area contributed by atoms with Crippen LogP contribution in [0.2, 0.25) is 0 Å². The van der Waals surface area contributed by atoms with Gasteiger partial charge in [0.25, 0.3) is 0 Å². The molecule has 0 spiro atoms. The van der Waals surface area contributed by atoms with Crippen molar-refractivity contribution in [3.05, 3.63) is 172 Å². The van der Waals surface area contributed by atoms with E-state index in [0.29, 0.717) is 0 Å². The van der Waals surface area contributed by atoms with Gasteiger partial charge in [0.05, 0.1) is 11.0 Å². The summed E-state index contributed by atoms with van der Waals surface area (Å²) in [4.78, 5) is 0. The van der Waals surface area contributed by atoms with E-state index in [1.165, 1.54) is 130 Å². The summed E-state index contributed by atoms with van der Waals surface area (Å²) in [6.45, 7) is 4.51. The highest BCUT2D eigenvalue weighted by Gasteiger charge is 2.16. The summed E-state index contributed by atoms with van der Waals surface area (Å²) >= 11 is 3.44. The van der Waals surface area contributed by atoms with Crippen LogP contribution in [-0.2, 0) is 19.3 Å². The van der Waals surface area contributed by atoms with Crippen molar-refractivity contribution in [2.75, 3.05) is 0 Å². The molecule has 0 saturated carbocycles. The molecule has 0 atom stereocenters. The minimum absolute atomic E-state index is 1.10. The van der Waals surface area contributed by atoms with Crippen molar-refractivity contribution in [2.45, 2.75) is 84.5 Å². The summed E-state index contributed by atoms with van der Waals surface area (Å²) in [5, 5.41) is 2.64. The maximum absolute atomic E-state index is 3.44. The van der Waals surface area contributed by atoms with E-state index < -0.39 is 0 Å². The van der Waals surface area contributed by atoms with Gasteiger partial charge >= 0.3 is 0 Å². The van der Waals surface area contributed by atoms with Crippen molar-refractivity contribution in [1.82, 2.24) is 4.57 Å². The molecule has 6 aromatic carbocycles. The Morgan fingerprint density at radius 2 is 0.882 bits per heavy atom. The van der Waals surface area contributed by atoms with E-state index in [1.54, 1.807) is 0 Å². The smallest absolute Gasteiger partial charge is 0.0541 e. The van der Waals surface area contributed by atoms with Crippen LogP contribution < -0.4 is 0 Å². The lowest BCUT2D eigenvalue weighted by atomic mass is 10.1. The van der Waals surface area contributed by atoms with Gasteiger partial charge in [-0.2, -0.15) is 0 Å². The van der Waals surface area contributed by atoms with E-state index in [2.05, 4.69) is 180 Å².